The van der Waals surface area contributed by atoms with Gasteiger partial charge in [0.1, 0.15) is 0 Å². The van der Waals surface area contributed by atoms with Crippen LogP contribution in [0, 0.1) is 0 Å². The normalized spacial score (nSPS) is 13.1. The van der Waals surface area contributed by atoms with Crippen molar-refractivity contribution in [2.24, 2.45) is 0 Å². The standard InChI is InChI=1S/C51H35NS2/c1-51(2)43-17-9-6-14-37(43)38-26-25-36(31-44(38)51)52(35-23-20-32(21-24-35)34-22-29-48-42(30-34)40-16-8-10-18-46(40)53-48)45-28-27-41-39-15-7-11-19-47(39)54-50(41)49(45)33-12-4-3-5-13-33/h3-31H,1-2H3. The monoisotopic (exact) mass is 725 g/mol. The van der Waals surface area contributed by atoms with Gasteiger partial charge in [0.2, 0.25) is 0 Å². The SMILES string of the molecule is CC1(C)c2ccccc2-c2ccc(N(c3ccc(-c4ccc5sc6ccccc6c5c4)cc3)c3ccc4c(sc5ccccc54)c3-c3ccccc3)cc21. The van der Waals surface area contributed by atoms with E-state index in [2.05, 4.69) is 195 Å². The summed E-state index contributed by atoms with van der Waals surface area (Å²) in [5.41, 5.74) is 13.7. The van der Waals surface area contributed by atoms with Crippen LogP contribution in [-0.4, -0.2) is 0 Å². The zero-order chi connectivity index (χ0) is 36.0. The molecule has 0 spiro atoms. The molecule has 0 saturated carbocycles. The molecule has 1 aliphatic carbocycles. The van der Waals surface area contributed by atoms with Gasteiger partial charge in [0.05, 0.1) is 5.69 Å². The van der Waals surface area contributed by atoms with E-state index >= 15 is 0 Å². The Morgan fingerprint density at radius 1 is 0.407 bits per heavy atom. The maximum absolute atomic E-state index is 2.49. The zero-order valence-corrected chi connectivity index (χ0v) is 31.6. The van der Waals surface area contributed by atoms with E-state index in [9.17, 15) is 0 Å². The van der Waals surface area contributed by atoms with E-state index < -0.39 is 0 Å². The molecule has 2 heterocycles. The molecule has 11 rings (SSSR count). The molecular formula is C51H35NS2. The Hall–Kier alpha value is -6.00. The number of thiophene rings is 2. The molecule has 0 fully saturated rings. The summed E-state index contributed by atoms with van der Waals surface area (Å²) in [6.45, 7) is 4.74. The molecule has 0 unspecified atom stereocenters. The van der Waals surface area contributed by atoms with E-state index in [1.54, 1.807) is 0 Å². The van der Waals surface area contributed by atoms with E-state index in [-0.39, 0.29) is 5.41 Å². The maximum atomic E-state index is 2.49. The maximum Gasteiger partial charge on any atom is 0.0554 e. The highest BCUT2D eigenvalue weighted by Gasteiger charge is 2.36. The molecule has 0 amide bonds. The van der Waals surface area contributed by atoms with E-state index in [4.69, 9.17) is 0 Å². The Balaban J connectivity index is 1.13. The van der Waals surface area contributed by atoms with Crippen LogP contribution in [0.5, 0.6) is 0 Å². The Kier molecular flexibility index (Phi) is 7.01. The van der Waals surface area contributed by atoms with Crippen molar-refractivity contribution in [2.75, 3.05) is 4.90 Å². The Labute approximate surface area is 323 Å². The first-order chi connectivity index (χ1) is 26.5. The van der Waals surface area contributed by atoms with Gasteiger partial charge in [-0.1, -0.05) is 135 Å². The molecule has 0 N–H and O–H groups in total. The summed E-state index contributed by atoms with van der Waals surface area (Å²) >= 11 is 3.76. The van der Waals surface area contributed by atoms with Crippen LogP contribution in [0.1, 0.15) is 25.0 Å². The minimum absolute atomic E-state index is 0.111. The summed E-state index contributed by atoms with van der Waals surface area (Å²) in [7, 11) is 0. The minimum Gasteiger partial charge on any atom is -0.310 e. The van der Waals surface area contributed by atoms with Gasteiger partial charge in [0.25, 0.3) is 0 Å². The van der Waals surface area contributed by atoms with Crippen LogP contribution in [0.15, 0.2) is 176 Å². The van der Waals surface area contributed by atoms with Crippen LogP contribution in [0.3, 0.4) is 0 Å². The molecule has 8 aromatic carbocycles. The van der Waals surface area contributed by atoms with Gasteiger partial charge in [-0.2, -0.15) is 0 Å². The summed E-state index contributed by atoms with van der Waals surface area (Å²) in [6, 6.07) is 65.4. The first kappa shape index (κ1) is 31.5. The molecule has 54 heavy (non-hydrogen) atoms. The lowest BCUT2D eigenvalue weighted by Gasteiger charge is -2.30. The lowest BCUT2D eigenvalue weighted by Crippen LogP contribution is -2.17. The summed E-state index contributed by atoms with van der Waals surface area (Å²) in [5, 5.41) is 5.26. The summed E-state index contributed by atoms with van der Waals surface area (Å²) in [6.07, 6.45) is 0. The van der Waals surface area contributed by atoms with Gasteiger partial charge in [-0.25, -0.2) is 0 Å². The van der Waals surface area contributed by atoms with Crippen molar-refractivity contribution < 1.29 is 0 Å². The second-order valence-corrected chi connectivity index (χ2v) is 17.0. The molecule has 10 aromatic rings. The van der Waals surface area contributed by atoms with Crippen molar-refractivity contribution >= 4 is 80.1 Å². The second-order valence-electron chi connectivity index (χ2n) is 14.9. The lowest BCUT2D eigenvalue weighted by atomic mass is 9.82. The molecule has 2 aromatic heterocycles. The fourth-order valence-electron chi connectivity index (χ4n) is 8.82. The number of benzene rings is 8. The average Bonchev–Trinajstić information content (AvgIpc) is 3.86. The van der Waals surface area contributed by atoms with Gasteiger partial charge in [-0.3, -0.25) is 0 Å². The molecular weight excluding hydrogens is 691 g/mol. The van der Waals surface area contributed by atoms with Crippen molar-refractivity contribution in [3.63, 3.8) is 0 Å². The number of anilines is 3. The molecule has 0 bridgehead atoms. The van der Waals surface area contributed by atoms with E-state index in [0.29, 0.717) is 0 Å². The third kappa shape index (κ3) is 4.75. The molecule has 256 valence electrons. The van der Waals surface area contributed by atoms with Crippen LogP contribution < -0.4 is 4.90 Å². The predicted octanol–water partition coefficient (Wildman–Crippen LogP) is 15.5. The fraction of sp³-hybridized carbons (Fsp3) is 0.0588. The van der Waals surface area contributed by atoms with Gasteiger partial charge in [-0.15, -0.1) is 22.7 Å². The molecule has 0 saturated heterocycles. The topological polar surface area (TPSA) is 3.24 Å². The average molecular weight is 726 g/mol. The van der Waals surface area contributed by atoms with Crippen molar-refractivity contribution in [3.05, 3.63) is 187 Å². The smallest absolute Gasteiger partial charge is 0.0554 e. The van der Waals surface area contributed by atoms with Gasteiger partial charge < -0.3 is 4.90 Å². The van der Waals surface area contributed by atoms with E-state index in [1.807, 2.05) is 22.7 Å². The van der Waals surface area contributed by atoms with Crippen LogP contribution in [0.4, 0.5) is 17.1 Å². The van der Waals surface area contributed by atoms with Gasteiger partial charge in [0, 0.05) is 62.7 Å². The third-order valence-electron chi connectivity index (χ3n) is 11.5. The van der Waals surface area contributed by atoms with E-state index in [0.717, 1.165) is 11.4 Å². The molecule has 0 radical (unpaired) electrons. The second kappa shape index (κ2) is 12.0. The van der Waals surface area contributed by atoms with Crippen LogP contribution in [0.2, 0.25) is 0 Å². The first-order valence-corrected chi connectivity index (χ1v) is 20.2. The number of rotatable bonds is 5. The largest absolute Gasteiger partial charge is 0.310 e. The van der Waals surface area contributed by atoms with Crippen molar-refractivity contribution in [2.45, 2.75) is 19.3 Å². The molecule has 3 heteroatoms. The van der Waals surface area contributed by atoms with Gasteiger partial charge >= 0.3 is 0 Å². The summed E-state index contributed by atoms with van der Waals surface area (Å²) < 4.78 is 5.28. The van der Waals surface area contributed by atoms with Crippen LogP contribution >= 0.6 is 22.7 Å². The van der Waals surface area contributed by atoms with Crippen molar-refractivity contribution in [3.8, 4) is 33.4 Å². The molecule has 0 aliphatic heterocycles. The zero-order valence-electron chi connectivity index (χ0n) is 30.0. The molecule has 0 atom stereocenters. The number of fused-ring (bicyclic) bond motifs is 9. The van der Waals surface area contributed by atoms with Gasteiger partial charge in [-0.05, 0) is 93.5 Å². The quantitative estimate of drug-likeness (QED) is 0.171. The Bertz CT molecular complexity index is 3070. The highest BCUT2D eigenvalue weighted by Crippen LogP contribution is 2.53. The number of hydrogen-bond acceptors (Lipinski definition) is 3. The van der Waals surface area contributed by atoms with Crippen LogP contribution in [0.25, 0.3) is 73.7 Å². The summed E-state index contributed by atoms with van der Waals surface area (Å²) in [5.74, 6) is 0. The fourth-order valence-corrected chi connectivity index (χ4v) is 11.2. The van der Waals surface area contributed by atoms with Gasteiger partial charge in [0.15, 0.2) is 0 Å². The number of nitrogens with zero attached hydrogens (tertiary/aromatic N) is 1. The van der Waals surface area contributed by atoms with Crippen LogP contribution in [-0.2, 0) is 5.41 Å². The molecule has 1 nitrogen and oxygen atoms in total. The Morgan fingerprint density at radius 3 is 1.85 bits per heavy atom. The summed E-state index contributed by atoms with van der Waals surface area (Å²) in [4.78, 5) is 2.49. The highest BCUT2D eigenvalue weighted by molar-refractivity contribution is 7.26. The Morgan fingerprint density at radius 2 is 1.04 bits per heavy atom. The predicted molar refractivity (Wildman–Crippen MR) is 235 cm³/mol. The highest BCUT2D eigenvalue weighted by atomic mass is 32.1. The third-order valence-corrected chi connectivity index (χ3v) is 13.8. The minimum atomic E-state index is -0.111. The lowest BCUT2D eigenvalue weighted by molar-refractivity contribution is 0.660. The number of hydrogen-bond donors (Lipinski definition) is 0. The van der Waals surface area contributed by atoms with E-state index in [1.165, 1.54) is 90.5 Å². The van der Waals surface area contributed by atoms with Crippen molar-refractivity contribution in [1.82, 2.24) is 0 Å². The van der Waals surface area contributed by atoms with Crippen molar-refractivity contribution in [1.29, 1.82) is 0 Å². The first-order valence-electron chi connectivity index (χ1n) is 18.6. The molecule has 1 aliphatic rings.